The predicted octanol–water partition coefficient (Wildman–Crippen LogP) is 5.42. The fourth-order valence-electron chi connectivity index (χ4n) is 4.66. The Morgan fingerprint density at radius 1 is 1.34 bits per heavy atom. The highest BCUT2D eigenvalue weighted by Crippen LogP contribution is 2.53. The van der Waals surface area contributed by atoms with Crippen molar-refractivity contribution in [1.82, 2.24) is 10.2 Å². The summed E-state index contributed by atoms with van der Waals surface area (Å²) in [6.45, 7) is 5.34. The van der Waals surface area contributed by atoms with Crippen molar-refractivity contribution in [2.24, 2.45) is 11.7 Å². The van der Waals surface area contributed by atoms with Crippen LogP contribution in [0.4, 0.5) is 13.2 Å². The van der Waals surface area contributed by atoms with E-state index in [1.54, 1.807) is 25.1 Å². The van der Waals surface area contributed by atoms with Crippen LogP contribution in [-0.2, 0) is 16.4 Å². The van der Waals surface area contributed by atoms with Crippen LogP contribution in [-0.4, -0.2) is 21.3 Å². The van der Waals surface area contributed by atoms with Gasteiger partial charge in [-0.1, -0.05) is 32.1 Å². The molecule has 3 rings (SSSR count). The molecule has 2 aromatic rings. The molecule has 186 valence electrons. The van der Waals surface area contributed by atoms with Crippen LogP contribution < -0.4 is 10.5 Å². The van der Waals surface area contributed by atoms with Gasteiger partial charge in [0.15, 0.2) is 0 Å². The number of hydrogen-bond donors (Lipinski definition) is 3. The van der Waals surface area contributed by atoms with Crippen molar-refractivity contribution in [3.63, 3.8) is 0 Å². The Kier molecular flexibility index (Phi) is 7.29. The van der Waals surface area contributed by atoms with Crippen molar-refractivity contribution >= 4 is 12.0 Å². The van der Waals surface area contributed by atoms with E-state index in [-0.39, 0.29) is 35.2 Å². The average Bonchev–Trinajstić information content (AvgIpc) is 3.14. The molecule has 0 bridgehead atoms. The van der Waals surface area contributed by atoms with Gasteiger partial charge in [-0.25, -0.2) is 0 Å². The highest BCUT2D eigenvalue weighted by atomic mass is 19.4. The van der Waals surface area contributed by atoms with E-state index in [0.717, 1.165) is 12.1 Å². The molecule has 1 aliphatic rings. The summed E-state index contributed by atoms with van der Waals surface area (Å²) in [5.74, 6) is -1.35. The van der Waals surface area contributed by atoms with Gasteiger partial charge in [0.2, 0.25) is 11.8 Å². The summed E-state index contributed by atoms with van der Waals surface area (Å²) in [5, 5.41) is 25.7. The second-order valence-electron chi connectivity index (χ2n) is 8.83. The van der Waals surface area contributed by atoms with Gasteiger partial charge >= 0.3 is 12.1 Å². The maximum atomic E-state index is 14.0. The fourth-order valence-corrected chi connectivity index (χ4v) is 4.66. The Balaban J connectivity index is 2.19. The van der Waals surface area contributed by atoms with Gasteiger partial charge in [-0.15, -0.1) is 5.10 Å². The first-order valence-corrected chi connectivity index (χ1v) is 11.2. The zero-order valence-electron chi connectivity index (χ0n) is 19.7. The van der Waals surface area contributed by atoms with Crippen molar-refractivity contribution < 1.29 is 27.8 Å². The Morgan fingerprint density at radius 3 is 2.66 bits per heavy atom. The Hall–Kier alpha value is -3.74. The molecule has 1 aromatic carbocycles. The van der Waals surface area contributed by atoms with Crippen LogP contribution in [0.15, 0.2) is 35.7 Å². The molecule has 1 aliphatic heterocycles. The second kappa shape index (κ2) is 9.86. The number of halogens is 3. The largest absolute Gasteiger partial charge is 0.481 e. The third-order valence-corrected chi connectivity index (χ3v) is 6.19. The quantitative estimate of drug-likeness (QED) is 0.426. The highest BCUT2D eigenvalue weighted by molar-refractivity contribution is 5.66. The summed E-state index contributed by atoms with van der Waals surface area (Å²) in [6, 6.07) is 5.80. The van der Waals surface area contributed by atoms with Gasteiger partial charge in [0.25, 0.3) is 0 Å². The molecule has 1 unspecified atom stereocenters. The van der Waals surface area contributed by atoms with Crippen molar-refractivity contribution in [2.45, 2.75) is 58.0 Å². The maximum Gasteiger partial charge on any atom is 0.416 e. The fraction of sp³-hybridized carbons (Fsp3) is 0.400. The number of nitrogens with zero attached hydrogens (tertiary/aromatic N) is 2. The number of unbranched alkanes of at least 4 members (excludes halogenated alkanes) is 2. The van der Waals surface area contributed by atoms with Gasteiger partial charge in [0.1, 0.15) is 11.6 Å². The van der Waals surface area contributed by atoms with E-state index in [4.69, 9.17) is 15.6 Å². The van der Waals surface area contributed by atoms with E-state index in [0.29, 0.717) is 36.1 Å². The van der Waals surface area contributed by atoms with Crippen LogP contribution in [0.1, 0.15) is 67.5 Å². The number of carbonyl (C=O) groups is 1. The molecule has 0 saturated carbocycles. The summed E-state index contributed by atoms with van der Waals surface area (Å²) in [7, 11) is 0. The number of aromatic amines is 1. The summed E-state index contributed by atoms with van der Waals surface area (Å²) < 4.78 is 47.4. The minimum Gasteiger partial charge on any atom is -0.481 e. The van der Waals surface area contributed by atoms with Gasteiger partial charge in [0.05, 0.1) is 16.5 Å². The second-order valence-corrected chi connectivity index (χ2v) is 8.83. The van der Waals surface area contributed by atoms with Gasteiger partial charge in [-0.05, 0) is 55.4 Å². The third-order valence-electron chi connectivity index (χ3n) is 6.19. The van der Waals surface area contributed by atoms with Crippen LogP contribution in [0.25, 0.3) is 6.08 Å². The number of nitriles is 1. The first-order valence-electron chi connectivity index (χ1n) is 11.2. The molecular weight excluding hydrogens is 461 g/mol. The third kappa shape index (κ3) is 4.90. The number of nitrogens with two attached hydrogens (primary N) is 1. The minimum absolute atomic E-state index is 0.0208. The monoisotopic (exact) mass is 488 g/mol. The number of rotatable bonds is 8. The minimum atomic E-state index is -4.63. The Labute approximate surface area is 201 Å². The molecular formula is C25H27F3N4O3. The lowest BCUT2D eigenvalue weighted by molar-refractivity contribution is -0.138. The summed E-state index contributed by atoms with van der Waals surface area (Å²) in [5.41, 5.74) is 5.50. The number of nitrogens with one attached hydrogen (secondary N) is 1. The number of fused-ring (bicyclic) bond motifs is 1. The van der Waals surface area contributed by atoms with Crippen LogP contribution >= 0.6 is 0 Å². The molecule has 0 saturated heterocycles. The van der Waals surface area contributed by atoms with E-state index >= 15 is 0 Å². The van der Waals surface area contributed by atoms with Gasteiger partial charge in [0, 0.05) is 12.1 Å². The lowest BCUT2D eigenvalue weighted by atomic mass is 9.61. The molecule has 35 heavy (non-hydrogen) atoms. The highest BCUT2D eigenvalue weighted by Gasteiger charge is 2.51. The predicted molar refractivity (Wildman–Crippen MR) is 123 cm³/mol. The summed E-state index contributed by atoms with van der Waals surface area (Å²) >= 11 is 0. The number of allylic oxidation sites excluding steroid dienone is 2. The number of alkyl halides is 3. The smallest absolute Gasteiger partial charge is 0.416 e. The lowest BCUT2D eigenvalue weighted by Gasteiger charge is -2.41. The Bertz CT molecular complexity index is 1220. The summed E-state index contributed by atoms with van der Waals surface area (Å²) in [4.78, 5) is 10.6. The van der Waals surface area contributed by atoms with Crippen molar-refractivity contribution in [1.29, 1.82) is 5.26 Å². The number of aryl methyl sites for hydroxylation is 1. The molecule has 4 N–H and O–H groups in total. The van der Waals surface area contributed by atoms with Crippen LogP contribution in [0.2, 0.25) is 0 Å². The lowest BCUT2D eigenvalue weighted by Crippen LogP contribution is -2.41. The molecule has 0 fully saturated rings. The molecule has 1 atom stereocenters. The van der Waals surface area contributed by atoms with Gasteiger partial charge in [-0.3, -0.25) is 9.89 Å². The van der Waals surface area contributed by atoms with E-state index in [9.17, 15) is 23.2 Å². The molecule has 0 spiro atoms. The summed E-state index contributed by atoms with van der Waals surface area (Å²) in [6.07, 6.45) is 0.298. The van der Waals surface area contributed by atoms with Gasteiger partial charge < -0.3 is 15.6 Å². The van der Waals surface area contributed by atoms with E-state index < -0.39 is 23.1 Å². The van der Waals surface area contributed by atoms with Crippen molar-refractivity contribution in [3.05, 3.63) is 63.7 Å². The number of aromatic nitrogens is 2. The first-order chi connectivity index (χ1) is 16.4. The molecule has 0 radical (unpaired) electrons. The number of benzene rings is 1. The molecule has 0 amide bonds. The number of aliphatic carboxylic acids is 1. The Morgan fingerprint density at radius 2 is 2.06 bits per heavy atom. The molecule has 7 nitrogen and oxygen atoms in total. The molecule has 0 aliphatic carbocycles. The first kappa shape index (κ1) is 25.9. The van der Waals surface area contributed by atoms with Crippen LogP contribution in [0.3, 0.4) is 0 Å². The van der Waals surface area contributed by atoms with Crippen molar-refractivity contribution in [3.8, 4) is 11.9 Å². The zero-order chi connectivity index (χ0) is 26.0. The van der Waals surface area contributed by atoms with Crippen molar-refractivity contribution in [2.75, 3.05) is 0 Å². The number of H-pyrrole nitrogens is 1. The average molecular weight is 489 g/mol. The van der Waals surface area contributed by atoms with E-state index in [2.05, 4.69) is 16.3 Å². The number of hydrogen-bond acceptors (Lipinski definition) is 5. The standard InChI is InChI=1S/C25H27F3N4O3/c1-14(2)24(19(13-29)22(30)35-23-21(24)15(3)31-32-23)17-10-16(11-18(12-17)25(26,27)28)8-6-4-5-7-9-20(33)34/h6,8,10-12,14H,4-5,7,9,30H2,1-3H3,(H,31,32)(H,33,34)/b8-6+. The number of ether oxygens (including phenoxy) is 1. The topological polar surface area (TPSA) is 125 Å². The molecule has 1 aromatic heterocycles. The SMILES string of the molecule is Cc1[nH]nc2c1C(c1cc(/C=C/CCCCC(=O)O)cc(C(F)(F)F)c1)(C(C)C)C(C#N)=C(N)O2. The zero-order valence-corrected chi connectivity index (χ0v) is 19.7. The molecule has 2 heterocycles. The maximum absolute atomic E-state index is 14.0. The normalized spacial score (nSPS) is 18.0. The number of carboxylic acid groups (broad SMARTS) is 1. The van der Waals surface area contributed by atoms with Crippen LogP contribution in [0, 0.1) is 24.2 Å². The van der Waals surface area contributed by atoms with E-state index in [1.807, 2.05) is 13.8 Å². The van der Waals surface area contributed by atoms with Crippen LogP contribution in [0.5, 0.6) is 5.88 Å². The molecule has 10 heteroatoms. The van der Waals surface area contributed by atoms with Gasteiger partial charge in [-0.2, -0.15) is 18.4 Å². The van der Waals surface area contributed by atoms with E-state index in [1.165, 1.54) is 0 Å². The number of carboxylic acids is 1.